The summed E-state index contributed by atoms with van der Waals surface area (Å²) < 4.78 is 5.25. The molecule has 0 saturated carbocycles. The van der Waals surface area contributed by atoms with Crippen LogP contribution in [0.5, 0.6) is 5.75 Å². The van der Waals surface area contributed by atoms with Crippen LogP contribution in [-0.2, 0) is 6.42 Å². The Kier molecular flexibility index (Phi) is 2.77. The molecule has 1 aromatic heterocycles. The molecule has 0 aliphatic heterocycles. The molecule has 0 saturated heterocycles. The average Bonchev–Trinajstić information content (AvgIpc) is 2.77. The molecule has 1 N–H and O–H groups in total. The Hall–Kier alpha value is -2.03. The van der Waals surface area contributed by atoms with Crippen molar-refractivity contribution in [2.45, 2.75) is 13.3 Å². The van der Waals surface area contributed by atoms with E-state index in [1.807, 2.05) is 13.0 Å². The van der Waals surface area contributed by atoms with E-state index in [4.69, 9.17) is 4.42 Å². The number of aldehydes is 1. The predicted octanol–water partition coefficient (Wildman–Crippen LogP) is 3.03. The first-order valence-corrected chi connectivity index (χ1v) is 5.12. The highest BCUT2D eigenvalue weighted by atomic mass is 16.3. The molecule has 2 rings (SSSR count). The zero-order valence-corrected chi connectivity index (χ0v) is 8.93. The number of aromatic hydroxyl groups is 1. The quantitative estimate of drug-likeness (QED) is 0.802. The van der Waals surface area contributed by atoms with Gasteiger partial charge in [0.1, 0.15) is 11.5 Å². The van der Waals surface area contributed by atoms with Gasteiger partial charge in [-0.1, -0.05) is 13.0 Å². The van der Waals surface area contributed by atoms with E-state index < -0.39 is 0 Å². The molecule has 0 spiro atoms. The van der Waals surface area contributed by atoms with Crippen molar-refractivity contribution in [3.8, 4) is 17.1 Å². The van der Waals surface area contributed by atoms with Crippen LogP contribution in [0.4, 0.5) is 0 Å². The van der Waals surface area contributed by atoms with Gasteiger partial charge in [0.05, 0.1) is 5.56 Å². The number of hydrogen-bond acceptors (Lipinski definition) is 3. The molecule has 82 valence electrons. The van der Waals surface area contributed by atoms with Crippen LogP contribution in [0.15, 0.2) is 34.7 Å². The highest BCUT2D eigenvalue weighted by Gasteiger charge is 2.09. The van der Waals surface area contributed by atoms with Crippen LogP contribution < -0.4 is 0 Å². The van der Waals surface area contributed by atoms with Crippen LogP contribution in [-0.4, -0.2) is 11.4 Å². The number of hydrogen-bond donors (Lipinski definition) is 1. The van der Waals surface area contributed by atoms with Crippen LogP contribution in [0.3, 0.4) is 0 Å². The largest absolute Gasteiger partial charge is 0.507 e. The van der Waals surface area contributed by atoms with Gasteiger partial charge in [0, 0.05) is 0 Å². The van der Waals surface area contributed by atoms with Gasteiger partial charge in [-0.3, -0.25) is 4.79 Å². The van der Waals surface area contributed by atoms with Gasteiger partial charge < -0.3 is 9.52 Å². The summed E-state index contributed by atoms with van der Waals surface area (Å²) >= 11 is 0. The zero-order valence-electron chi connectivity index (χ0n) is 8.93. The molecule has 0 fully saturated rings. The highest BCUT2D eigenvalue weighted by molar-refractivity contribution is 5.74. The van der Waals surface area contributed by atoms with Crippen LogP contribution >= 0.6 is 0 Å². The molecule has 3 heteroatoms. The molecular weight excluding hydrogens is 204 g/mol. The predicted molar refractivity (Wildman–Crippen MR) is 60.6 cm³/mol. The SMILES string of the molecule is CCc1ccc(-c2ccc(C=O)o2)c(O)c1. The number of benzene rings is 1. The van der Waals surface area contributed by atoms with Crippen molar-refractivity contribution in [1.82, 2.24) is 0 Å². The molecule has 0 aliphatic rings. The Morgan fingerprint density at radius 3 is 2.69 bits per heavy atom. The summed E-state index contributed by atoms with van der Waals surface area (Å²) in [5.41, 5.74) is 1.66. The fourth-order valence-corrected chi connectivity index (χ4v) is 1.57. The molecule has 2 aromatic rings. The Bertz CT molecular complexity index is 512. The fourth-order valence-electron chi connectivity index (χ4n) is 1.57. The Balaban J connectivity index is 2.43. The summed E-state index contributed by atoms with van der Waals surface area (Å²) in [4.78, 5) is 10.5. The molecule has 0 unspecified atom stereocenters. The number of carbonyl (C=O) groups is 1. The third-order valence-electron chi connectivity index (χ3n) is 2.48. The van der Waals surface area contributed by atoms with Crippen molar-refractivity contribution in [3.63, 3.8) is 0 Å². The number of aryl methyl sites for hydroxylation is 1. The number of rotatable bonds is 3. The van der Waals surface area contributed by atoms with Gasteiger partial charge >= 0.3 is 0 Å². The Morgan fingerprint density at radius 1 is 1.31 bits per heavy atom. The molecule has 16 heavy (non-hydrogen) atoms. The number of phenolic OH excluding ortho intramolecular Hbond substituents is 1. The molecule has 3 nitrogen and oxygen atoms in total. The standard InChI is InChI=1S/C13H12O3/c1-2-9-3-5-11(12(15)7-9)13-6-4-10(8-14)16-13/h3-8,15H,2H2,1H3. The van der Waals surface area contributed by atoms with E-state index in [1.165, 1.54) is 0 Å². The molecule has 0 bridgehead atoms. The number of furan rings is 1. The van der Waals surface area contributed by atoms with Crippen molar-refractivity contribution in [3.05, 3.63) is 41.7 Å². The lowest BCUT2D eigenvalue weighted by Gasteiger charge is -2.03. The molecule has 0 radical (unpaired) electrons. The van der Waals surface area contributed by atoms with Gasteiger partial charge in [0.2, 0.25) is 0 Å². The normalized spacial score (nSPS) is 10.3. The van der Waals surface area contributed by atoms with E-state index in [9.17, 15) is 9.90 Å². The maximum Gasteiger partial charge on any atom is 0.185 e. The van der Waals surface area contributed by atoms with E-state index in [0.29, 0.717) is 17.6 Å². The molecular formula is C13H12O3. The first kappa shape index (κ1) is 10.5. The molecule has 1 aromatic carbocycles. The summed E-state index contributed by atoms with van der Waals surface area (Å²) in [7, 11) is 0. The third-order valence-corrected chi connectivity index (χ3v) is 2.48. The van der Waals surface area contributed by atoms with E-state index >= 15 is 0 Å². The van der Waals surface area contributed by atoms with E-state index in [2.05, 4.69) is 0 Å². The lowest BCUT2D eigenvalue weighted by Crippen LogP contribution is -1.82. The van der Waals surface area contributed by atoms with Gasteiger partial charge in [0.25, 0.3) is 0 Å². The lowest BCUT2D eigenvalue weighted by molar-refractivity contribution is 0.110. The van der Waals surface area contributed by atoms with Crippen LogP contribution in [0.2, 0.25) is 0 Å². The summed E-state index contributed by atoms with van der Waals surface area (Å²) in [5.74, 6) is 0.933. The van der Waals surface area contributed by atoms with Gasteiger partial charge in [-0.25, -0.2) is 0 Å². The second-order valence-electron chi connectivity index (χ2n) is 3.52. The first-order chi connectivity index (χ1) is 7.74. The minimum Gasteiger partial charge on any atom is -0.507 e. The highest BCUT2D eigenvalue weighted by Crippen LogP contribution is 2.31. The van der Waals surface area contributed by atoms with Gasteiger partial charge in [-0.2, -0.15) is 0 Å². The van der Waals surface area contributed by atoms with E-state index in [1.54, 1.807) is 24.3 Å². The minimum atomic E-state index is 0.172. The van der Waals surface area contributed by atoms with Crippen molar-refractivity contribution in [1.29, 1.82) is 0 Å². The van der Waals surface area contributed by atoms with Crippen molar-refractivity contribution in [2.24, 2.45) is 0 Å². The van der Waals surface area contributed by atoms with Crippen LogP contribution in [0.25, 0.3) is 11.3 Å². The maximum atomic E-state index is 10.5. The molecule has 0 atom stereocenters. The van der Waals surface area contributed by atoms with Crippen molar-refractivity contribution >= 4 is 6.29 Å². The second kappa shape index (κ2) is 4.23. The monoisotopic (exact) mass is 216 g/mol. The van der Waals surface area contributed by atoms with E-state index in [0.717, 1.165) is 12.0 Å². The van der Waals surface area contributed by atoms with Crippen molar-refractivity contribution in [2.75, 3.05) is 0 Å². The number of carbonyl (C=O) groups excluding carboxylic acids is 1. The fraction of sp³-hybridized carbons (Fsp3) is 0.154. The third kappa shape index (κ3) is 1.84. The zero-order chi connectivity index (χ0) is 11.5. The maximum absolute atomic E-state index is 10.5. The second-order valence-corrected chi connectivity index (χ2v) is 3.52. The van der Waals surface area contributed by atoms with Gasteiger partial charge in [0.15, 0.2) is 12.0 Å². The molecule has 1 heterocycles. The first-order valence-electron chi connectivity index (χ1n) is 5.12. The Morgan fingerprint density at radius 2 is 2.12 bits per heavy atom. The minimum absolute atomic E-state index is 0.172. The summed E-state index contributed by atoms with van der Waals surface area (Å²) in [6, 6.07) is 8.68. The van der Waals surface area contributed by atoms with E-state index in [-0.39, 0.29) is 11.5 Å². The van der Waals surface area contributed by atoms with Crippen LogP contribution in [0, 0.1) is 0 Å². The number of phenols is 1. The summed E-state index contributed by atoms with van der Waals surface area (Å²) in [6.45, 7) is 2.02. The molecule has 0 aliphatic carbocycles. The lowest BCUT2D eigenvalue weighted by atomic mass is 10.1. The summed E-state index contributed by atoms with van der Waals surface area (Å²) in [6.07, 6.45) is 1.51. The summed E-state index contributed by atoms with van der Waals surface area (Å²) in [5, 5.41) is 9.81. The van der Waals surface area contributed by atoms with Crippen LogP contribution in [0.1, 0.15) is 23.0 Å². The smallest absolute Gasteiger partial charge is 0.185 e. The van der Waals surface area contributed by atoms with Gasteiger partial charge in [-0.15, -0.1) is 0 Å². The Labute approximate surface area is 93.3 Å². The topological polar surface area (TPSA) is 50.4 Å². The van der Waals surface area contributed by atoms with Crippen molar-refractivity contribution < 1.29 is 14.3 Å². The van der Waals surface area contributed by atoms with Gasteiger partial charge in [-0.05, 0) is 36.2 Å². The average molecular weight is 216 g/mol. The molecule has 0 amide bonds.